The maximum Gasteiger partial charge on any atom is 0.244 e. The molecule has 2 unspecified atom stereocenters. The molecule has 1 aliphatic heterocycles. The fraction of sp³-hybridized carbons (Fsp3) is 0.250. The predicted octanol–water partition coefficient (Wildman–Crippen LogP) is 4.11. The molecule has 0 spiro atoms. The van der Waals surface area contributed by atoms with Gasteiger partial charge in [-0.2, -0.15) is 5.26 Å². The van der Waals surface area contributed by atoms with Gasteiger partial charge in [0, 0.05) is 26.8 Å². The van der Waals surface area contributed by atoms with Gasteiger partial charge in [-0.25, -0.2) is 0 Å². The predicted molar refractivity (Wildman–Crippen MR) is 105 cm³/mol. The Morgan fingerprint density at radius 2 is 2.18 bits per heavy atom. The first-order valence-corrected chi connectivity index (χ1v) is 9.45. The van der Waals surface area contributed by atoms with Gasteiger partial charge in [-0.1, -0.05) is 12.1 Å². The Morgan fingerprint density at radius 3 is 2.82 bits per heavy atom. The normalized spacial score (nSPS) is 18.3. The van der Waals surface area contributed by atoms with Crippen molar-refractivity contribution in [1.29, 1.82) is 10.7 Å². The van der Waals surface area contributed by atoms with Crippen LogP contribution in [0.5, 0.6) is 17.4 Å². The molecule has 142 valence electrons. The second kappa shape index (κ2) is 6.69. The van der Waals surface area contributed by atoms with E-state index in [1.807, 2.05) is 13.8 Å². The number of aryl methyl sites for hydroxylation is 2. The fourth-order valence-electron chi connectivity index (χ4n) is 3.69. The second-order valence-corrected chi connectivity index (χ2v) is 8.05. The Morgan fingerprint density at radius 1 is 1.39 bits per heavy atom. The third kappa shape index (κ3) is 2.63. The van der Waals surface area contributed by atoms with Gasteiger partial charge in [0.1, 0.15) is 5.92 Å². The van der Waals surface area contributed by atoms with Gasteiger partial charge in [0.05, 0.1) is 24.4 Å². The van der Waals surface area contributed by atoms with Crippen LogP contribution in [0.15, 0.2) is 24.3 Å². The number of ether oxygens (including phenoxy) is 2. The van der Waals surface area contributed by atoms with Crippen LogP contribution in [-0.2, 0) is 0 Å². The van der Waals surface area contributed by atoms with E-state index in [-0.39, 0.29) is 17.5 Å². The van der Waals surface area contributed by atoms with Crippen LogP contribution in [0, 0.1) is 36.5 Å². The molecule has 0 fully saturated rings. The average Bonchev–Trinajstić information content (AvgIpc) is 3.22. The van der Waals surface area contributed by atoms with Gasteiger partial charge in [-0.15, -0.1) is 16.4 Å². The minimum atomic E-state index is -0.901. The number of phenols is 1. The molecule has 2 atom stereocenters. The van der Waals surface area contributed by atoms with E-state index in [1.165, 1.54) is 7.11 Å². The van der Waals surface area contributed by atoms with Crippen LogP contribution in [0.25, 0.3) is 11.3 Å². The van der Waals surface area contributed by atoms with Crippen LogP contribution < -0.4 is 9.47 Å². The number of nitrogens with one attached hydrogen (secondary N) is 2. The largest absolute Gasteiger partial charge is 0.504 e. The summed E-state index contributed by atoms with van der Waals surface area (Å²) in [4.78, 5) is 2.25. The Bertz CT molecular complexity index is 1130. The van der Waals surface area contributed by atoms with Crippen molar-refractivity contribution in [1.82, 2.24) is 10.2 Å². The summed E-state index contributed by atoms with van der Waals surface area (Å²) in [5.74, 6) is -1.21. The van der Waals surface area contributed by atoms with Gasteiger partial charge in [0.2, 0.25) is 11.8 Å². The third-order valence-corrected chi connectivity index (χ3v) is 5.90. The molecule has 0 saturated heterocycles. The van der Waals surface area contributed by atoms with E-state index in [1.54, 1.807) is 29.5 Å². The number of para-hydroxylation sites is 1. The van der Waals surface area contributed by atoms with Crippen molar-refractivity contribution in [3.8, 4) is 34.7 Å². The molecular weight excluding hydrogens is 376 g/mol. The quantitative estimate of drug-likeness (QED) is 0.618. The van der Waals surface area contributed by atoms with Crippen molar-refractivity contribution in [2.24, 2.45) is 5.92 Å². The number of benzene rings is 1. The molecule has 0 saturated carbocycles. The Balaban J connectivity index is 1.99. The number of aromatic amines is 1. The molecule has 0 bridgehead atoms. The number of nitriles is 1. The van der Waals surface area contributed by atoms with Crippen LogP contribution in [-0.4, -0.2) is 28.3 Å². The van der Waals surface area contributed by atoms with Crippen molar-refractivity contribution < 1.29 is 14.6 Å². The number of aromatic nitrogens is 2. The standard InChI is InChI=1S/C20H18N4O3S/c1-9-7-12(10(2)28-9)17-16-15(11-5-4-6-14(26-3)18(11)25)13(8-21)19(22)27-20(16)24-23-17/h4-7,13,15,22,25H,1-3H3,(H,23,24). The van der Waals surface area contributed by atoms with E-state index in [2.05, 4.69) is 22.3 Å². The molecule has 1 aliphatic rings. The molecular formula is C20H18N4O3S. The minimum Gasteiger partial charge on any atom is -0.504 e. The molecule has 3 aromatic rings. The highest BCUT2D eigenvalue weighted by Gasteiger charge is 2.42. The number of nitrogens with zero attached hydrogens (tertiary/aromatic N) is 2. The highest BCUT2D eigenvalue weighted by molar-refractivity contribution is 7.12. The van der Waals surface area contributed by atoms with E-state index in [9.17, 15) is 10.4 Å². The average molecular weight is 394 g/mol. The number of fused-ring (bicyclic) bond motifs is 1. The number of hydrogen-bond donors (Lipinski definition) is 3. The summed E-state index contributed by atoms with van der Waals surface area (Å²) in [6.07, 6.45) is 0. The van der Waals surface area contributed by atoms with Crippen LogP contribution in [0.4, 0.5) is 0 Å². The molecule has 0 radical (unpaired) electrons. The van der Waals surface area contributed by atoms with Crippen LogP contribution in [0.1, 0.15) is 26.8 Å². The number of rotatable bonds is 3. The zero-order valence-corrected chi connectivity index (χ0v) is 16.3. The summed E-state index contributed by atoms with van der Waals surface area (Å²) in [7, 11) is 1.47. The van der Waals surface area contributed by atoms with Crippen molar-refractivity contribution in [2.45, 2.75) is 19.8 Å². The fourth-order valence-corrected chi connectivity index (χ4v) is 4.62. The van der Waals surface area contributed by atoms with Crippen molar-refractivity contribution in [3.63, 3.8) is 0 Å². The molecule has 0 aliphatic carbocycles. The number of phenolic OH excluding ortho intramolecular Hbond substituents is 1. The van der Waals surface area contributed by atoms with Gasteiger partial charge in [-0.05, 0) is 26.0 Å². The summed E-state index contributed by atoms with van der Waals surface area (Å²) in [5, 5.41) is 36.0. The zero-order chi connectivity index (χ0) is 20.0. The molecule has 3 heterocycles. The first kappa shape index (κ1) is 18.1. The molecule has 0 amide bonds. The molecule has 28 heavy (non-hydrogen) atoms. The van der Waals surface area contributed by atoms with Crippen LogP contribution >= 0.6 is 11.3 Å². The Labute approximate surface area is 165 Å². The van der Waals surface area contributed by atoms with Gasteiger partial charge in [0.15, 0.2) is 11.5 Å². The third-order valence-electron chi connectivity index (χ3n) is 4.94. The lowest BCUT2D eigenvalue weighted by Crippen LogP contribution is -2.31. The topological polar surface area (TPSA) is 115 Å². The number of aromatic hydroxyl groups is 1. The number of methoxy groups -OCH3 is 1. The van der Waals surface area contributed by atoms with Crippen LogP contribution in [0.2, 0.25) is 0 Å². The molecule has 4 rings (SSSR count). The van der Waals surface area contributed by atoms with Gasteiger partial charge in [0.25, 0.3) is 0 Å². The molecule has 7 nitrogen and oxygen atoms in total. The van der Waals surface area contributed by atoms with Gasteiger partial charge in [-0.3, -0.25) is 10.5 Å². The van der Waals surface area contributed by atoms with Crippen molar-refractivity contribution >= 4 is 17.2 Å². The van der Waals surface area contributed by atoms with Crippen LogP contribution in [0.3, 0.4) is 0 Å². The van der Waals surface area contributed by atoms with E-state index in [4.69, 9.17) is 14.9 Å². The van der Waals surface area contributed by atoms with Crippen molar-refractivity contribution in [2.75, 3.05) is 7.11 Å². The lowest BCUT2D eigenvalue weighted by atomic mass is 9.78. The minimum absolute atomic E-state index is 0.0544. The van der Waals surface area contributed by atoms with Crippen molar-refractivity contribution in [3.05, 3.63) is 45.1 Å². The Kier molecular flexibility index (Phi) is 4.32. The molecule has 2 aromatic heterocycles. The SMILES string of the molecule is COc1cccc(C2c3c(n[nH]c3-c3cc(C)sc3C)OC(=N)C2C#N)c1O. The highest BCUT2D eigenvalue weighted by atomic mass is 32.1. The van der Waals surface area contributed by atoms with E-state index >= 15 is 0 Å². The number of hydrogen-bond acceptors (Lipinski definition) is 7. The molecule has 3 N–H and O–H groups in total. The second-order valence-electron chi connectivity index (χ2n) is 6.59. The summed E-state index contributed by atoms with van der Waals surface area (Å²) in [5.41, 5.74) is 2.86. The number of thiophene rings is 1. The van der Waals surface area contributed by atoms with Gasteiger partial charge < -0.3 is 14.6 Å². The summed E-state index contributed by atoms with van der Waals surface area (Å²) >= 11 is 1.67. The van der Waals surface area contributed by atoms with E-state index in [0.29, 0.717) is 16.9 Å². The molecule has 8 heteroatoms. The van der Waals surface area contributed by atoms with E-state index in [0.717, 1.165) is 21.0 Å². The lowest BCUT2D eigenvalue weighted by molar-refractivity contribution is 0.366. The maximum atomic E-state index is 10.7. The smallest absolute Gasteiger partial charge is 0.244 e. The molecule has 1 aromatic carbocycles. The summed E-state index contributed by atoms with van der Waals surface area (Å²) < 4.78 is 10.8. The maximum absolute atomic E-state index is 10.7. The summed E-state index contributed by atoms with van der Waals surface area (Å²) in [6.45, 7) is 4.05. The van der Waals surface area contributed by atoms with Gasteiger partial charge >= 0.3 is 0 Å². The lowest BCUT2D eigenvalue weighted by Gasteiger charge is -2.28. The highest BCUT2D eigenvalue weighted by Crippen LogP contribution is 2.50. The first-order valence-electron chi connectivity index (χ1n) is 8.63. The van der Waals surface area contributed by atoms with E-state index < -0.39 is 11.8 Å². The Hall–Kier alpha value is -3.31. The first-order chi connectivity index (χ1) is 13.5. The number of H-pyrrole nitrogens is 1. The zero-order valence-electron chi connectivity index (χ0n) is 15.5. The monoisotopic (exact) mass is 394 g/mol. The summed E-state index contributed by atoms with van der Waals surface area (Å²) in [6, 6.07) is 9.34.